The Morgan fingerprint density at radius 2 is 1.77 bits per heavy atom. The second kappa shape index (κ2) is 14.6. The molecule has 1 unspecified atom stereocenters. The van der Waals surface area contributed by atoms with Crippen molar-refractivity contribution in [1.29, 1.82) is 0 Å². The molecule has 0 spiro atoms. The first-order chi connectivity index (χ1) is 22.8. The topological polar surface area (TPSA) is 76.9 Å². The number of carbonyl (C=O) groups excluding carboxylic acids is 2. The molecule has 9 heteroatoms. The Morgan fingerprint density at radius 1 is 1.02 bits per heavy atom. The van der Waals surface area contributed by atoms with Crippen LogP contribution in [0.15, 0.2) is 79.0 Å². The molecule has 3 heterocycles. The van der Waals surface area contributed by atoms with Crippen LogP contribution in [0.25, 0.3) is 0 Å². The number of carbonyl (C=O) groups is 2. The molecule has 2 aliphatic heterocycles. The van der Waals surface area contributed by atoms with Crippen molar-refractivity contribution in [2.75, 3.05) is 50.5 Å². The van der Waals surface area contributed by atoms with E-state index in [1.807, 2.05) is 54.5 Å². The molecule has 6 rings (SSSR count). The predicted molar refractivity (Wildman–Crippen MR) is 188 cm³/mol. The first kappa shape index (κ1) is 32.6. The molecule has 2 aliphatic rings. The average molecular weight is 634 g/mol. The van der Waals surface area contributed by atoms with E-state index in [1.54, 1.807) is 4.68 Å². The summed E-state index contributed by atoms with van der Waals surface area (Å²) in [6, 6.07) is 25.1. The molecule has 1 amide bonds. The number of amides is 1. The molecule has 3 aromatic carbocycles. The molecular weight excluding hydrogens is 586 g/mol. The van der Waals surface area contributed by atoms with Crippen LogP contribution in [0.1, 0.15) is 57.9 Å². The summed E-state index contributed by atoms with van der Waals surface area (Å²) in [6.45, 7) is 7.35. The lowest BCUT2D eigenvalue weighted by Gasteiger charge is -2.42. The van der Waals surface area contributed by atoms with Gasteiger partial charge in [0.1, 0.15) is 12.1 Å². The van der Waals surface area contributed by atoms with Gasteiger partial charge in [-0.05, 0) is 74.8 Å². The molecule has 4 aromatic rings. The summed E-state index contributed by atoms with van der Waals surface area (Å²) < 4.78 is 1.81. The smallest absolute Gasteiger partial charge is 0.258 e. The number of anilines is 3. The Kier molecular flexibility index (Phi) is 10.2. The van der Waals surface area contributed by atoms with Crippen molar-refractivity contribution in [2.45, 2.75) is 51.4 Å². The standard InChI is InChI=1S/C38H47N7O2/c1-28-24-30(38(47)45-27-31-25-39-42(4)37(31)40-34-12-8-9-13-36(34)45)14-15-33(28)35(18-23-46)43-19-16-32(17-20-43)44(22-21-41(2)3)26-29-10-6-5-7-11-29/h5-15,23-25,32,35,40H,16-22,26-27H2,1-4H3. The maximum Gasteiger partial charge on any atom is 0.258 e. The summed E-state index contributed by atoms with van der Waals surface area (Å²) in [5.41, 5.74) is 6.80. The van der Waals surface area contributed by atoms with E-state index in [0.717, 1.165) is 85.7 Å². The third-order valence-corrected chi connectivity index (χ3v) is 9.75. The number of hydrogen-bond donors (Lipinski definition) is 1. The van der Waals surface area contributed by atoms with E-state index in [9.17, 15) is 9.59 Å². The van der Waals surface area contributed by atoms with Gasteiger partial charge in [0.25, 0.3) is 5.91 Å². The van der Waals surface area contributed by atoms with E-state index < -0.39 is 0 Å². The van der Waals surface area contributed by atoms with Crippen LogP contribution < -0.4 is 10.2 Å². The van der Waals surface area contributed by atoms with Crippen LogP contribution in [0.5, 0.6) is 0 Å². The third-order valence-electron chi connectivity index (χ3n) is 9.75. The normalized spacial score (nSPS) is 16.0. The van der Waals surface area contributed by atoms with Gasteiger partial charge < -0.3 is 19.9 Å². The van der Waals surface area contributed by atoms with E-state index in [2.05, 4.69) is 82.5 Å². The number of likely N-dealkylation sites (N-methyl/N-ethyl adjacent to an activating group) is 1. The molecule has 1 atom stereocenters. The highest BCUT2D eigenvalue weighted by Gasteiger charge is 2.31. The zero-order valence-corrected chi connectivity index (χ0v) is 28.1. The maximum absolute atomic E-state index is 14.1. The van der Waals surface area contributed by atoms with Crippen molar-refractivity contribution in [1.82, 2.24) is 24.5 Å². The molecule has 0 bridgehead atoms. The van der Waals surface area contributed by atoms with Gasteiger partial charge in [0.15, 0.2) is 0 Å². The van der Waals surface area contributed by atoms with Crippen LogP contribution in [0.4, 0.5) is 17.2 Å². The third kappa shape index (κ3) is 7.32. The number of para-hydroxylation sites is 2. The quantitative estimate of drug-likeness (QED) is 0.210. The van der Waals surface area contributed by atoms with Gasteiger partial charge in [0, 0.05) is 69.4 Å². The summed E-state index contributed by atoms with van der Waals surface area (Å²) in [6.07, 6.45) is 5.41. The Bertz CT molecular complexity index is 1680. The van der Waals surface area contributed by atoms with Crippen LogP contribution in [-0.2, 0) is 24.9 Å². The average Bonchev–Trinajstić information content (AvgIpc) is 3.33. The highest BCUT2D eigenvalue weighted by Crippen LogP contribution is 2.37. The van der Waals surface area contributed by atoms with Gasteiger partial charge in [-0.15, -0.1) is 0 Å². The molecular formula is C38H47N7O2. The molecule has 47 heavy (non-hydrogen) atoms. The number of aryl methyl sites for hydroxylation is 2. The van der Waals surface area contributed by atoms with E-state index in [0.29, 0.717) is 24.6 Å². The number of rotatable bonds is 11. The fraction of sp³-hybridized carbons (Fsp3) is 0.395. The lowest BCUT2D eigenvalue weighted by atomic mass is 9.92. The Hall–Kier alpha value is -4.31. The van der Waals surface area contributed by atoms with Gasteiger partial charge >= 0.3 is 0 Å². The molecule has 1 saturated heterocycles. The number of nitrogens with one attached hydrogen (secondary N) is 1. The van der Waals surface area contributed by atoms with Crippen LogP contribution >= 0.6 is 0 Å². The fourth-order valence-corrected chi connectivity index (χ4v) is 7.14. The fourth-order valence-electron chi connectivity index (χ4n) is 7.14. The number of fused-ring (bicyclic) bond motifs is 2. The van der Waals surface area contributed by atoms with Crippen molar-refractivity contribution in [3.8, 4) is 0 Å². The van der Waals surface area contributed by atoms with E-state index in [4.69, 9.17) is 0 Å². The molecule has 1 N–H and O–H groups in total. The Labute approximate surface area is 278 Å². The minimum Gasteiger partial charge on any atom is -0.338 e. The molecule has 0 radical (unpaired) electrons. The number of aldehydes is 1. The molecule has 1 fully saturated rings. The summed E-state index contributed by atoms with van der Waals surface area (Å²) in [5, 5.41) is 7.88. The SMILES string of the molecule is Cc1cc(C(=O)N2Cc3cnn(C)c3Nc3ccccc32)ccc1C(CC=O)N1CCC(N(CCN(C)C)Cc2ccccc2)CC1. The highest BCUT2D eigenvalue weighted by atomic mass is 16.2. The van der Waals surface area contributed by atoms with Gasteiger partial charge in [-0.25, -0.2) is 0 Å². The summed E-state index contributed by atoms with van der Waals surface area (Å²) in [5.74, 6) is 0.829. The van der Waals surface area contributed by atoms with Crippen molar-refractivity contribution in [3.63, 3.8) is 0 Å². The van der Waals surface area contributed by atoms with Crippen molar-refractivity contribution in [2.24, 2.45) is 7.05 Å². The van der Waals surface area contributed by atoms with Crippen LogP contribution in [-0.4, -0.2) is 83.0 Å². The van der Waals surface area contributed by atoms with Crippen molar-refractivity contribution >= 4 is 29.4 Å². The maximum atomic E-state index is 14.1. The monoisotopic (exact) mass is 633 g/mol. The molecule has 1 aromatic heterocycles. The first-order valence-electron chi connectivity index (χ1n) is 16.7. The molecule has 0 saturated carbocycles. The minimum atomic E-state index is -0.0606. The number of benzene rings is 3. The number of piperidine rings is 1. The summed E-state index contributed by atoms with van der Waals surface area (Å²) in [4.78, 5) is 35.3. The van der Waals surface area contributed by atoms with Gasteiger partial charge in [-0.2, -0.15) is 5.10 Å². The van der Waals surface area contributed by atoms with Crippen LogP contribution in [0.3, 0.4) is 0 Å². The highest BCUT2D eigenvalue weighted by molar-refractivity contribution is 6.08. The number of hydrogen-bond acceptors (Lipinski definition) is 7. The van der Waals surface area contributed by atoms with Gasteiger partial charge in [0.05, 0.1) is 24.1 Å². The molecule has 246 valence electrons. The second-order valence-corrected chi connectivity index (χ2v) is 13.2. The van der Waals surface area contributed by atoms with Gasteiger partial charge in [-0.3, -0.25) is 19.3 Å². The first-order valence-corrected chi connectivity index (χ1v) is 16.7. The molecule has 9 nitrogen and oxygen atoms in total. The lowest BCUT2D eigenvalue weighted by molar-refractivity contribution is -0.109. The van der Waals surface area contributed by atoms with Crippen LogP contribution in [0.2, 0.25) is 0 Å². The van der Waals surface area contributed by atoms with E-state index in [-0.39, 0.29) is 11.9 Å². The number of aromatic nitrogens is 2. The lowest BCUT2D eigenvalue weighted by Crippen LogP contribution is -2.47. The Balaban J connectivity index is 1.18. The summed E-state index contributed by atoms with van der Waals surface area (Å²) >= 11 is 0. The van der Waals surface area contributed by atoms with E-state index >= 15 is 0 Å². The van der Waals surface area contributed by atoms with E-state index in [1.165, 1.54) is 5.56 Å². The molecule has 0 aliphatic carbocycles. The Morgan fingerprint density at radius 3 is 2.49 bits per heavy atom. The van der Waals surface area contributed by atoms with Gasteiger partial charge in [-0.1, -0.05) is 48.5 Å². The van der Waals surface area contributed by atoms with Crippen LogP contribution in [0, 0.1) is 6.92 Å². The zero-order valence-electron chi connectivity index (χ0n) is 28.1. The minimum absolute atomic E-state index is 0.0111. The number of likely N-dealkylation sites (tertiary alicyclic amines) is 1. The predicted octanol–water partition coefficient (Wildman–Crippen LogP) is 5.79. The van der Waals surface area contributed by atoms with Gasteiger partial charge in [0.2, 0.25) is 0 Å². The van der Waals surface area contributed by atoms with Crippen molar-refractivity contribution in [3.05, 3.63) is 107 Å². The summed E-state index contributed by atoms with van der Waals surface area (Å²) in [7, 11) is 6.17. The zero-order chi connectivity index (χ0) is 32.9. The van der Waals surface area contributed by atoms with Crippen molar-refractivity contribution < 1.29 is 9.59 Å². The second-order valence-electron chi connectivity index (χ2n) is 13.2. The number of nitrogens with zero attached hydrogens (tertiary/aromatic N) is 6. The largest absolute Gasteiger partial charge is 0.338 e.